The van der Waals surface area contributed by atoms with Crippen molar-refractivity contribution in [3.63, 3.8) is 0 Å². The van der Waals surface area contributed by atoms with E-state index in [2.05, 4.69) is 10.3 Å². The van der Waals surface area contributed by atoms with Crippen LogP contribution < -0.4 is 5.32 Å². The number of carbonyl (C=O) groups is 1. The largest absolute Gasteiger partial charge is 0.435 e. The molecule has 8 nitrogen and oxygen atoms in total. The highest BCUT2D eigenvalue weighted by Gasteiger charge is 2.22. The van der Waals surface area contributed by atoms with Crippen molar-refractivity contribution in [1.82, 2.24) is 15.2 Å². The van der Waals surface area contributed by atoms with Crippen molar-refractivity contribution in [3.05, 3.63) is 70.2 Å². The first-order valence-corrected chi connectivity index (χ1v) is 8.79. The highest BCUT2D eigenvalue weighted by Crippen LogP contribution is 2.31. The summed E-state index contributed by atoms with van der Waals surface area (Å²) in [6.45, 7) is 1.05. The fraction of sp³-hybridized carbons (Fsp3) is 0.200. The van der Waals surface area contributed by atoms with Gasteiger partial charge in [0, 0.05) is 36.3 Å². The fourth-order valence-electron chi connectivity index (χ4n) is 2.60. The SMILES string of the molecule is CN(C)CCNC(=O)c1nc(-c2ccc(F)cc2)oc1-c1ccc([N+](=O)[O-])cc1. The van der Waals surface area contributed by atoms with Gasteiger partial charge < -0.3 is 14.6 Å². The lowest BCUT2D eigenvalue weighted by atomic mass is 10.1. The van der Waals surface area contributed by atoms with E-state index in [1.54, 1.807) is 0 Å². The van der Waals surface area contributed by atoms with E-state index in [9.17, 15) is 19.3 Å². The summed E-state index contributed by atoms with van der Waals surface area (Å²) >= 11 is 0. The molecule has 1 aromatic heterocycles. The molecule has 0 spiro atoms. The molecule has 9 heteroatoms. The van der Waals surface area contributed by atoms with Crippen LogP contribution in [0.2, 0.25) is 0 Å². The van der Waals surface area contributed by atoms with Crippen molar-refractivity contribution in [1.29, 1.82) is 0 Å². The van der Waals surface area contributed by atoms with Crippen molar-refractivity contribution >= 4 is 11.6 Å². The summed E-state index contributed by atoms with van der Waals surface area (Å²) in [6.07, 6.45) is 0. The lowest BCUT2D eigenvalue weighted by Gasteiger charge is -2.09. The maximum Gasteiger partial charge on any atom is 0.273 e. The van der Waals surface area contributed by atoms with Gasteiger partial charge >= 0.3 is 0 Å². The van der Waals surface area contributed by atoms with Crippen LogP contribution >= 0.6 is 0 Å². The van der Waals surface area contributed by atoms with Gasteiger partial charge in [0.05, 0.1) is 4.92 Å². The molecule has 0 radical (unpaired) electrons. The van der Waals surface area contributed by atoms with Crippen LogP contribution in [-0.2, 0) is 0 Å². The van der Waals surface area contributed by atoms with Gasteiger partial charge in [0.25, 0.3) is 11.6 Å². The average Bonchev–Trinajstić information content (AvgIpc) is 3.14. The highest BCUT2D eigenvalue weighted by molar-refractivity contribution is 5.98. The lowest BCUT2D eigenvalue weighted by Crippen LogP contribution is -2.31. The second-order valence-electron chi connectivity index (χ2n) is 6.57. The number of amides is 1. The number of nitro benzene ring substituents is 1. The van der Waals surface area contributed by atoms with Crippen LogP contribution in [0.25, 0.3) is 22.8 Å². The molecular formula is C20H19FN4O4. The number of likely N-dealkylation sites (N-methyl/N-ethyl adjacent to an activating group) is 1. The Kier molecular flexibility index (Phi) is 5.99. The molecule has 3 rings (SSSR count). The van der Waals surface area contributed by atoms with Gasteiger partial charge in [-0.3, -0.25) is 14.9 Å². The molecule has 2 aromatic carbocycles. The van der Waals surface area contributed by atoms with Gasteiger partial charge in [-0.05, 0) is 50.5 Å². The zero-order valence-corrected chi connectivity index (χ0v) is 15.9. The molecule has 150 valence electrons. The molecule has 3 aromatic rings. The maximum absolute atomic E-state index is 13.2. The Morgan fingerprint density at radius 3 is 2.34 bits per heavy atom. The molecule has 0 aliphatic carbocycles. The first kappa shape index (κ1) is 20.2. The summed E-state index contributed by atoms with van der Waals surface area (Å²) in [5, 5.41) is 13.7. The second kappa shape index (κ2) is 8.61. The molecule has 1 N–H and O–H groups in total. The summed E-state index contributed by atoms with van der Waals surface area (Å²) in [7, 11) is 3.77. The number of halogens is 1. The third-order valence-corrected chi connectivity index (χ3v) is 4.12. The number of nitrogens with one attached hydrogen (secondary N) is 1. The smallest absolute Gasteiger partial charge is 0.273 e. The Balaban J connectivity index is 1.98. The molecule has 0 aliphatic rings. The Hall–Kier alpha value is -3.59. The monoisotopic (exact) mass is 398 g/mol. The van der Waals surface area contributed by atoms with Crippen LogP contribution in [0.1, 0.15) is 10.5 Å². The Morgan fingerprint density at radius 1 is 1.14 bits per heavy atom. The van der Waals surface area contributed by atoms with E-state index in [1.165, 1.54) is 48.5 Å². The van der Waals surface area contributed by atoms with Crippen LogP contribution in [0.5, 0.6) is 0 Å². The number of hydrogen-bond acceptors (Lipinski definition) is 6. The lowest BCUT2D eigenvalue weighted by molar-refractivity contribution is -0.384. The van der Waals surface area contributed by atoms with E-state index >= 15 is 0 Å². The van der Waals surface area contributed by atoms with Crippen LogP contribution in [0.4, 0.5) is 10.1 Å². The first-order chi connectivity index (χ1) is 13.8. The number of hydrogen-bond donors (Lipinski definition) is 1. The molecular weight excluding hydrogens is 379 g/mol. The summed E-state index contributed by atoms with van der Waals surface area (Å²) < 4.78 is 19.0. The van der Waals surface area contributed by atoms with Gasteiger partial charge in [-0.2, -0.15) is 0 Å². The van der Waals surface area contributed by atoms with Gasteiger partial charge in [0.15, 0.2) is 11.5 Å². The first-order valence-electron chi connectivity index (χ1n) is 8.79. The molecule has 1 heterocycles. The minimum absolute atomic E-state index is 0.0527. The summed E-state index contributed by atoms with van der Waals surface area (Å²) in [5.41, 5.74) is 0.942. The normalized spacial score (nSPS) is 10.9. The fourth-order valence-corrected chi connectivity index (χ4v) is 2.60. The van der Waals surface area contributed by atoms with Crippen LogP contribution in [0, 0.1) is 15.9 Å². The third-order valence-electron chi connectivity index (χ3n) is 4.12. The molecule has 29 heavy (non-hydrogen) atoms. The van der Waals surface area contributed by atoms with Gasteiger partial charge in [0.1, 0.15) is 5.82 Å². The van der Waals surface area contributed by atoms with Crippen LogP contribution in [0.15, 0.2) is 52.9 Å². The van der Waals surface area contributed by atoms with Gasteiger partial charge in [-0.25, -0.2) is 9.37 Å². The van der Waals surface area contributed by atoms with E-state index < -0.39 is 16.6 Å². The number of nitro groups is 1. The predicted molar refractivity (Wildman–Crippen MR) is 105 cm³/mol. The second-order valence-corrected chi connectivity index (χ2v) is 6.57. The minimum atomic E-state index is -0.511. The number of oxazole rings is 1. The molecule has 0 saturated heterocycles. The van der Waals surface area contributed by atoms with Gasteiger partial charge in [0.2, 0.25) is 5.89 Å². The number of non-ortho nitro benzene ring substituents is 1. The standard InChI is InChI=1S/C20H19FN4O4/c1-24(2)12-11-22-19(26)17-18(13-5-9-16(10-6-13)25(27)28)29-20(23-17)14-3-7-15(21)8-4-14/h3-10H,11-12H2,1-2H3,(H,22,26). The average molecular weight is 398 g/mol. The van der Waals surface area contributed by atoms with E-state index in [1.807, 2.05) is 19.0 Å². The van der Waals surface area contributed by atoms with Crippen LogP contribution in [0.3, 0.4) is 0 Å². The Morgan fingerprint density at radius 2 is 1.76 bits per heavy atom. The van der Waals surface area contributed by atoms with Crippen molar-refractivity contribution in [2.45, 2.75) is 0 Å². The molecule has 1 amide bonds. The van der Waals surface area contributed by atoms with E-state index in [-0.39, 0.29) is 23.0 Å². The van der Waals surface area contributed by atoms with Crippen molar-refractivity contribution in [2.24, 2.45) is 0 Å². The molecule has 0 aliphatic heterocycles. The Bertz CT molecular complexity index is 1010. The van der Waals surface area contributed by atoms with E-state index in [0.717, 1.165) is 0 Å². The van der Waals surface area contributed by atoms with Gasteiger partial charge in [-0.15, -0.1) is 0 Å². The summed E-state index contributed by atoms with van der Waals surface area (Å²) in [5.74, 6) is -0.507. The molecule has 0 saturated carbocycles. The molecule has 0 unspecified atom stereocenters. The van der Waals surface area contributed by atoms with Crippen molar-refractivity contribution < 1.29 is 18.5 Å². The zero-order valence-electron chi connectivity index (χ0n) is 15.9. The predicted octanol–water partition coefficient (Wildman–Crippen LogP) is 3.35. The molecule has 0 atom stereocenters. The van der Waals surface area contributed by atoms with Crippen molar-refractivity contribution in [2.75, 3.05) is 27.2 Å². The Labute approximate surface area is 166 Å². The number of aromatic nitrogens is 1. The quantitative estimate of drug-likeness (QED) is 0.484. The minimum Gasteiger partial charge on any atom is -0.435 e. The number of nitrogens with zero attached hydrogens (tertiary/aromatic N) is 3. The topological polar surface area (TPSA) is 102 Å². The molecule has 0 fully saturated rings. The number of benzene rings is 2. The third kappa shape index (κ3) is 4.82. The summed E-state index contributed by atoms with van der Waals surface area (Å²) in [6, 6.07) is 11.1. The maximum atomic E-state index is 13.2. The molecule has 0 bridgehead atoms. The van der Waals surface area contributed by atoms with E-state index in [4.69, 9.17) is 4.42 Å². The zero-order chi connectivity index (χ0) is 21.0. The van der Waals surface area contributed by atoms with Gasteiger partial charge in [-0.1, -0.05) is 0 Å². The highest BCUT2D eigenvalue weighted by atomic mass is 19.1. The van der Waals surface area contributed by atoms with E-state index in [0.29, 0.717) is 24.2 Å². The van der Waals surface area contributed by atoms with Crippen LogP contribution in [-0.4, -0.2) is 47.9 Å². The summed E-state index contributed by atoms with van der Waals surface area (Å²) in [4.78, 5) is 29.3. The number of rotatable bonds is 7. The number of carbonyl (C=O) groups excluding carboxylic acids is 1. The van der Waals surface area contributed by atoms with Crippen molar-refractivity contribution in [3.8, 4) is 22.8 Å².